The minimum atomic E-state index is -0.328. The van der Waals surface area contributed by atoms with Crippen LogP contribution in [0.3, 0.4) is 0 Å². The van der Waals surface area contributed by atoms with Crippen molar-refractivity contribution in [1.29, 1.82) is 0 Å². The number of anilines is 2. The third kappa shape index (κ3) is 3.03. The highest BCUT2D eigenvalue weighted by molar-refractivity contribution is 9.10. The molecular weight excluding hydrogens is 309 g/mol. The second-order valence-corrected chi connectivity index (χ2v) is 6.39. The minimum Gasteiger partial charge on any atom is -0.397 e. The van der Waals surface area contributed by atoms with Gasteiger partial charge in [-0.05, 0) is 48.9 Å². The van der Waals surface area contributed by atoms with Gasteiger partial charge in [0.2, 0.25) is 0 Å². The number of nitrogen functional groups attached to an aromatic ring is 1. The first-order chi connectivity index (χ1) is 8.94. The summed E-state index contributed by atoms with van der Waals surface area (Å²) in [6.45, 7) is 0.836. The monoisotopic (exact) mass is 329 g/mol. The van der Waals surface area contributed by atoms with Gasteiger partial charge in [-0.15, -0.1) is 0 Å². The minimum absolute atomic E-state index is 0.188. The van der Waals surface area contributed by atoms with E-state index in [1.165, 1.54) is 31.7 Å². The maximum absolute atomic E-state index is 13.3. The van der Waals surface area contributed by atoms with E-state index in [1.807, 2.05) is 0 Å². The summed E-state index contributed by atoms with van der Waals surface area (Å²) in [5.41, 5.74) is 7.29. The van der Waals surface area contributed by atoms with Crippen molar-refractivity contribution in [2.45, 2.75) is 31.2 Å². The zero-order valence-electron chi connectivity index (χ0n) is 11.5. The maximum atomic E-state index is 13.3. The number of nitrogens with two attached hydrogens (primary N) is 1. The summed E-state index contributed by atoms with van der Waals surface area (Å²) in [7, 11) is 4.24. The Bertz CT molecular complexity index is 456. The van der Waals surface area contributed by atoms with Gasteiger partial charge in [0.05, 0.1) is 15.8 Å². The quantitative estimate of drug-likeness (QED) is 0.831. The molecule has 1 saturated carbocycles. The third-order valence-corrected chi connectivity index (χ3v) is 4.79. The fourth-order valence-electron chi connectivity index (χ4n) is 2.79. The van der Waals surface area contributed by atoms with Gasteiger partial charge in [0.25, 0.3) is 0 Å². The number of benzene rings is 1. The second-order valence-electron chi connectivity index (χ2n) is 5.53. The molecular formula is C14H21BrFN3. The molecule has 0 amide bonds. The zero-order chi connectivity index (χ0) is 14.0. The summed E-state index contributed by atoms with van der Waals surface area (Å²) >= 11 is 3.20. The number of hydrogen-bond donors (Lipinski definition) is 2. The molecule has 0 heterocycles. The van der Waals surface area contributed by atoms with Crippen molar-refractivity contribution in [2.75, 3.05) is 31.7 Å². The fourth-order valence-corrected chi connectivity index (χ4v) is 3.13. The van der Waals surface area contributed by atoms with Gasteiger partial charge in [-0.25, -0.2) is 4.39 Å². The predicted molar refractivity (Wildman–Crippen MR) is 81.9 cm³/mol. The normalized spacial score (nSPS) is 17.9. The first-order valence-electron chi connectivity index (χ1n) is 6.60. The summed E-state index contributed by atoms with van der Waals surface area (Å²) in [6.07, 6.45) is 4.91. The Morgan fingerprint density at radius 3 is 2.58 bits per heavy atom. The van der Waals surface area contributed by atoms with Gasteiger partial charge in [-0.2, -0.15) is 0 Å². The number of nitrogens with zero attached hydrogens (tertiary/aromatic N) is 1. The fraction of sp³-hybridized carbons (Fsp3) is 0.571. The molecule has 0 atom stereocenters. The van der Waals surface area contributed by atoms with Crippen molar-refractivity contribution in [2.24, 2.45) is 0 Å². The average molecular weight is 330 g/mol. The van der Waals surface area contributed by atoms with Crippen LogP contribution in [0.5, 0.6) is 0 Å². The number of rotatable bonds is 4. The summed E-state index contributed by atoms with van der Waals surface area (Å²) in [5.74, 6) is -0.328. The molecule has 1 aromatic rings. The molecule has 0 bridgehead atoms. The Hall–Kier alpha value is -0.810. The van der Waals surface area contributed by atoms with Crippen LogP contribution in [0, 0.1) is 5.82 Å². The van der Waals surface area contributed by atoms with Crippen LogP contribution in [0.4, 0.5) is 15.8 Å². The van der Waals surface area contributed by atoms with E-state index in [1.54, 1.807) is 6.07 Å². The smallest absolute Gasteiger partial charge is 0.139 e. The summed E-state index contributed by atoms with van der Waals surface area (Å²) in [4.78, 5) is 2.29. The third-order valence-electron chi connectivity index (χ3n) is 4.18. The van der Waals surface area contributed by atoms with Gasteiger partial charge in [0.15, 0.2) is 0 Å². The summed E-state index contributed by atoms with van der Waals surface area (Å²) in [5, 5.41) is 3.38. The molecule has 2 rings (SSSR count). The van der Waals surface area contributed by atoms with Crippen molar-refractivity contribution in [3.63, 3.8) is 0 Å². The van der Waals surface area contributed by atoms with Gasteiger partial charge in [-0.3, -0.25) is 0 Å². The number of likely N-dealkylation sites (N-methyl/N-ethyl adjacent to an activating group) is 1. The Morgan fingerprint density at radius 2 is 2.00 bits per heavy atom. The maximum Gasteiger partial charge on any atom is 0.139 e. The lowest BCUT2D eigenvalue weighted by Crippen LogP contribution is -2.47. The molecule has 106 valence electrons. The van der Waals surface area contributed by atoms with Crippen molar-refractivity contribution < 1.29 is 4.39 Å². The first-order valence-corrected chi connectivity index (χ1v) is 7.40. The van der Waals surface area contributed by atoms with Gasteiger partial charge in [0.1, 0.15) is 5.82 Å². The lowest BCUT2D eigenvalue weighted by atomic mass is 9.96. The van der Waals surface area contributed by atoms with E-state index in [-0.39, 0.29) is 11.4 Å². The summed E-state index contributed by atoms with van der Waals surface area (Å²) < 4.78 is 13.8. The van der Waals surface area contributed by atoms with Crippen LogP contribution in [0.2, 0.25) is 0 Å². The Morgan fingerprint density at radius 1 is 1.37 bits per heavy atom. The van der Waals surface area contributed by atoms with E-state index in [9.17, 15) is 4.39 Å². The van der Waals surface area contributed by atoms with Crippen LogP contribution in [0.1, 0.15) is 25.7 Å². The molecule has 1 aliphatic carbocycles. The van der Waals surface area contributed by atoms with Gasteiger partial charge < -0.3 is 16.0 Å². The van der Waals surface area contributed by atoms with E-state index >= 15 is 0 Å². The van der Waals surface area contributed by atoms with E-state index in [2.05, 4.69) is 40.2 Å². The SMILES string of the molecule is CN(C)C1(CNc2cc(Br)c(F)cc2N)CCCC1. The van der Waals surface area contributed by atoms with E-state index in [0.717, 1.165) is 12.2 Å². The van der Waals surface area contributed by atoms with E-state index < -0.39 is 0 Å². The highest BCUT2D eigenvalue weighted by atomic mass is 79.9. The molecule has 1 aromatic carbocycles. The van der Waals surface area contributed by atoms with Crippen LogP contribution in [-0.2, 0) is 0 Å². The molecule has 0 aliphatic heterocycles. The topological polar surface area (TPSA) is 41.3 Å². The van der Waals surface area contributed by atoms with Crippen LogP contribution in [0.15, 0.2) is 16.6 Å². The second kappa shape index (κ2) is 5.67. The predicted octanol–water partition coefficient (Wildman–Crippen LogP) is 3.46. The lowest BCUT2D eigenvalue weighted by molar-refractivity contribution is 0.172. The van der Waals surface area contributed by atoms with E-state index in [0.29, 0.717) is 10.2 Å². The number of hydrogen-bond acceptors (Lipinski definition) is 3. The Balaban J connectivity index is 2.11. The molecule has 0 radical (unpaired) electrons. The molecule has 0 spiro atoms. The molecule has 3 N–H and O–H groups in total. The number of halogens is 2. The first kappa shape index (κ1) is 14.6. The Labute approximate surface area is 122 Å². The van der Waals surface area contributed by atoms with Gasteiger partial charge in [0, 0.05) is 18.2 Å². The van der Waals surface area contributed by atoms with Crippen LogP contribution in [-0.4, -0.2) is 31.1 Å². The van der Waals surface area contributed by atoms with Crippen LogP contribution < -0.4 is 11.1 Å². The lowest BCUT2D eigenvalue weighted by Gasteiger charge is -2.37. The molecule has 1 aliphatic rings. The molecule has 0 aromatic heterocycles. The molecule has 0 unspecified atom stereocenters. The summed E-state index contributed by atoms with van der Waals surface area (Å²) in [6, 6.07) is 3.06. The highest BCUT2D eigenvalue weighted by Gasteiger charge is 2.35. The van der Waals surface area contributed by atoms with Crippen LogP contribution >= 0.6 is 15.9 Å². The molecule has 19 heavy (non-hydrogen) atoms. The van der Waals surface area contributed by atoms with Crippen molar-refractivity contribution in [3.05, 3.63) is 22.4 Å². The standard InChI is InChI=1S/C14H21BrFN3/c1-19(2)14(5-3-4-6-14)9-18-13-7-10(15)11(16)8-12(13)17/h7-8,18H,3-6,9,17H2,1-2H3. The van der Waals surface area contributed by atoms with Gasteiger partial charge in [-0.1, -0.05) is 12.8 Å². The van der Waals surface area contributed by atoms with Gasteiger partial charge >= 0.3 is 0 Å². The van der Waals surface area contributed by atoms with Crippen LogP contribution in [0.25, 0.3) is 0 Å². The zero-order valence-corrected chi connectivity index (χ0v) is 13.1. The molecule has 0 saturated heterocycles. The average Bonchev–Trinajstić information content (AvgIpc) is 2.82. The highest BCUT2D eigenvalue weighted by Crippen LogP contribution is 2.35. The van der Waals surface area contributed by atoms with Crippen molar-refractivity contribution in [1.82, 2.24) is 4.90 Å². The Kier molecular flexibility index (Phi) is 4.36. The molecule has 1 fully saturated rings. The molecule has 5 heteroatoms. The largest absolute Gasteiger partial charge is 0.397 e. The van der Waals surface area contributed by atoms with Crippen molar-refractivity contribution >= 4 is 27.3 Å². The molecule has 3 nitrogen and oxygen atoms in total. The van der Waals surface area contributed by atoms with E-state index in [4.69, 9.17) is 5.73 Å². The van der Waals surface area contributed by atoms with Crippen molar-refractivity contribution in [3.8, 4) is 0 Å². The number of nitrogens with one attached hydrogen (secondary N) is 1.